The van der Waals surface area contributed by atoms with E-state index in [1.807, 2.05) is 0 Å². The quantitative estimate of drug-likeness (QED) is 0.560. The molecule has 0 saturated carbocycles. The lowest BCUT2D eigenvalue weighted by Crippen LogP contribution is -2.14. The molecule has 0 heterocycles. The molecule has 0 heteroatoms. The zero-order valence-corrected chi connectivity index (χ0v) is 8.12. The summed E-state index contributed by atoms with van der Waals surface area (Å²) in [6.07, 6.45) is 3.97. The highest BCUT2D eigenvalue weighted by Gasteiger charge is 2.19. The maximum atomic E-state index is 2.29. The molecule has 0 bridgehead atoms. The van der Waals surface area contributed by atoms with E-state index in [1.165, 1.54) is 19.3 Å². The van der Waals surface area contributed by atoms with E-state index in [-0.39, 0.29) is 0 Å². The van der Waals surface area contributed by atoms with Gasteiger partial charge in [0.25, 0.3) is 0 Å². The molecule has 0 aromatic carbocycles. The van der Waals surface area contributed by atoms with Crippen molar-refractivity contribution >= 4 is 0 Å². The Bertz CT molecular complexity index is 76.5. The molecule has 1 radical (unpaired) electrons. The molecule has 0 spiro atoms. The largest absolute Gasteiger partial charge is 0.0654 e. The molecule has 10 heavy (non-hydrogen) atoms. The predicted molar refractivity (Wildman–Crippen MR) is 47.9 cm³/mol. The molecule has 0 aliphatic rings. The van der Waals surface area contributed by atoms with Crippen molar-refractivity contribution in [1.29, 1.82) is 0 Å². The van der Waals surface area contributed by atoms with Gasteiger partial charge in [-0.05, 0) is 17.8 Å². The first kappa shape index (κ1) is 10.0. The summed E-state index contributed by atoms with van der Waals surface area (Å²) in [5.74, 6) is 1.63. The summed E-state index contributed by atoms with van der Waals surface area (Å²) in [5.41, 5.74) is 0.426. The zero-order valence-electron chi connectivity index (χ0n) is 8.12. The van der Waals surface area contributed by atoms with Crippen LogP contribution >= 0.6 is 0 Å². The fourth-order valence-electron chi connectivity index (χ4n) is 0.817. The highest BCUT2D eigenvalue weighted by molar-refractivity contribution is 4.95. The van der Waals surface area contributed by atoms with Crippen LogP contribution in [0.1, 0.15) is 53.9 Å². The predicted octanol–water partition coefficient (Wildman–Crippen LogP) is 3.82. The minimum absolute atomic E-state index is 0.426. The van der Waals surface area contributed by atoms with Crippen molar-refractivity contribution < 1.29 is 0 Å². The first-order chi connectivity index (χ1) is 4.48. The molecule has 0 aromatic rings. The Morgan fingerprint density at radius 1 is 1.20 bits per heavy atom. The summed E-state index contributed by atoms with van der Waals surface area (Å²) in [6.45, 7) is 11.4. The summed E-state index contributed by atoms with van der Waals surface area (Å²) in [7, 11) is 0. The Labute approximate surface area is 66.0 Å². The number of rotatable bonds is 3. The van der Waals surface area contributed by atoms with Crippen molar-refractivity contribution in [2.24, 2.45) is 5.41 Å². The molecule has 0 rings (SSSR count). The summed E-state index contributed by atoms with van der Waals surface area (Å²) in [5, 5.41) is 0. The SMILES string of the molecule is CCCC[C](C)C(C)(C)C. The van der Waals surface area contributed by atoms with Crippen molar-refractivity contribution in [1.82, 2.24) is 0 Å². The van der Waals surface area contributed by atoms with Crippen LogP contribution in [0.15, 0.2) is 0 Å². The Hall–Kier alpha value is 0. The van der Waals surface area contributed by atoms with E-state index in [4.69, 9.17) is 0 Å². The first-order valence-corrected chi connectivity index (χ1v) is 4.31. The molecule has 0 unspecified atom stereocenters. The number of hydrogen-bond acceptors (Lipinski definition) is 0. The van der Waals surface area contributed by atoms with Crippen LogP contribution < -0.4 is 0 Å². The lowest BCUT2D eigenvalue weighted by atomic mass is 9.79. The topological polar surface area (TPSA) is 0 Å². The van der Waals surface area contributed by atoms with Gasteiger partial charge in [-0.1, -0.05) is 47.5 Å². The molecule has 0 aliphatic heterocycles. The fraction of sp³-hybridized carbons (Fsp3) is 0.900. The van der Waals surface area contributed by atoms with E-state index >= 15 is 0 Å². The van der Waals surface area contributed by atoms with Crippen LogP contribution in [0.2, 0.25) is 0 Å². The van der Waals surface area contributed by atoms with E-state index < -0.39 is 0 Å². The lowest BCUT2D eigenvalue weighted by molar-refractivity contribution is 0.404. The Morgan fingerprint density at radius 2 is 1.70 bits per heavy atom. The van der Waals surface area contributed by atoms with Crippen LogP contribution in [0.4, 0.5) is 0 Å². The zero-order chi connectivity index (χ0) is 8.20. The van der Waals surface area contributed by atoms with Crippen LogP contribution in [-0.2, 0) is 0 Å². The van der Waals surface area contributed by atoms with Crippen LogP contribution in [0.3, 0.4) is 0 Å². The van der Waals surface area contributed by atoms with Crippen LogP contribution in [0.25, 0.3) is 0 Å². The average Bonchev–Trinajstić information content (AvgIpc) is 1.80. The van der Waals surface area contributed by atoms with Gasteiger partial charge in [0.2, 0.25) is 0 Å². The standard InChI is InChI=1S/C10H21/c1-6-7-8-9(2)10(3,4)5/h6-8H2,1-5H3. The van der Waals surface area contributed by atoms with Gasteiger partial charge >= 0.3 is 0 Å². The van der Waals surface area contributed by atoms with Crippen LogP contribution in [-0.4, -0.2) is 0 Å². The third kappa shape index (κ3) is 3.92. The smallest absolute Gasteiger partial charge is 0.0218 e. The van der Waals surface area contributed by atoms with E-state index in [0.717, 1.165) is 0 Å². The number of unbranched alkanes of at least 4 members (excludes halogenated alkanes) is 1. The summed E-state index contributed by atoms with van der Waals surface area (Å²) < 4.78 is 0. The van der Waals surface area contributed by atoms with Gasteiger partial charge in [0.05, 0.1) is 0 Å². The molecule has 0 atom stereocenters. The first-order valence-electron chi connectivity index (χ1n) is 4.31. The Kier molecular flexibility index (Phi) is 4.00. The minimum atomic E-state index is 0.426. The second kappa shape index (κ2) is 4.00. The molecule has 61 valence electrons. The maximum absolute atomic E-state index is 2.29. The van der Waals surface area contributed by atoms with E-state index in [9.17, 15) is 0 Å². The molecule has 0 amide bonds. The molecular weight excluding hydrogens is 120 g/mol. The van der Waals surface area contributed by atoms with Crippen molar-refractivity contribution in [2.45, 2.75) is 53.9 Å². The molecule has 0 fully saturated rings. The Morgan fingerprint density at radius 3 is 2.00 bits per heavy atom. The van der Waals surface area contributed by atoms with Crippen molar-refractivity contribution in [3.05, 3.63) is 5.92 Å². The van der Waals surface area contributed by atoms with E-state index in [2.05, 4.69) is 34.6 Å². The van der Waals surface area contributed by atoms with Gasteiger partial charge in [-0.25, -0.2) is 0 Å². The van der Waals surface area contributed by atoms with E-state index in [0.29, 0.717) is 5.41 Å². The van der Waals surface area contributed by atoms with Crippen molar-refractivity contribution in [2.75, 3.05) is 0 Å². The van der Waals surface area contributed by atoms with Gasteiger partial charge < -0.3 is 0 Å². The van der Waals surface area contributed by atoms with Gasteiger partial charge in [-0.3, -0.25) is 0 Å². The maximum Gasteiger partial charge on any atom is -0.0218 e. The second-order valence-corrected chi connectivity index (χ2v) is 4.13. The highest BCUT2D eigenvalue weighted by atomic mass is 14.2. The molecular formula is C10H21. The van der Waals surface area contributed by atoms with Crippen molar-refractivity contribution in [3.63, 3.8) is 0 Å². The second-order valence-electron chi connectivity index (χ2n) is 4.13. The fourth-order valence-corrected chi connectivity index (χ4v) is 0.817. The lowest BCUT2D eigenvalue weighted by Gasteiger charge is -2.26. The van der Waals surface area contributed by atoms with Crippen LogP contribution in [0.5, 0.6) is 0 Å². The molecule has 0 nitrogen and oxygen atoms in total. The van der Waals surface area contributed by atoms with Gasteiger partial charge in [-0.15, -0.1) is 0 Å². The van der Waals surface area contributed by atoms with Gasteiger partial charge in [0, 0.05) is 0 Å². The molecule has 0 saturated heterocycles. The summed E-state index contributed by atoms with van der Waals surface area (Å²) in [6, 6.07) is 0. The molecule has 0 N–H and O–H groups in total. The average molecular weight is 141 g/mol. The normalized spacial score (nSPS) is 12.6. The van der Waals surface area contributed by atoms with Gasteiger partial charge in [0.1, 0.15) is 0 Å². The third-order valence-electron chi connectivity index (χ3n) is 2.19. The van der Waals surface area contributed by atoms with E-state index in [1.54, 1.807) is 5.92 Å². The summed E-state index contributed by atoms with van der Waals surface area (Å²) >= 11 is 0. The highest BCUT2D eigenvalue weighted by Crippen LogP contribution is 2.31. The van der Waals surface area contributed by atoms with Crippen LogP contribution in [0, 0.1) is 11.3 Å². The summed E-state index contributed by atoms with van der Waals surface area (Å²) in [4.78, 5) is 0. The van der Waals surface area contributed by atoms with Gasteiger partial charge in [-0.2, -0.15) is 0 Å². The van der Waals surface area contributed by atoms with Gasteiger partial charge in [0.15, 0.2) is 0 Å². The van der Waals surface area contributed by atoms with Crippen molar-refractivity contribution in [3.8, 4) is 0 Å². The number of hydrogen-bond donors (Lipinski definition) is 0. The Balaban J connectivity index is 3.52. The third-order valence-corrected chi connectivity index (χ3v) is 2.19. The monoisotopic (exact) mass is 141 g/mol. The molecule has 0 aliphatic carbocycles. The molecule has 0 aromatic heterocycles. The minimum Gasteiger partial charge on any atom is -0.0654 e.